The van der Waals surface area contributed by atoms with Crippen molar-refractivity contribution in [1.82, 2.24) is 24.3 Å². The highest BCUT2D eigenvalue weighted by molar-refractivity contribution is 5.92. The third-order valence-corrected chi connectivity index (χ3v) is 6.00. The van der Waals surface area contributed by atoms with Gasteiger partial charge in [0, 0.05) is 26.8 Å². The first-order valence-electron chi connectivity index (χ1n) is 10.1. The zero-order chi connectivity index (χ0) is 20.5. The lowest BCUT2D eigenvalue weighted by atomic mass is 9.99. The van der Waals surface area contributed by atoms with Gasteiger partial charge >= 0.3 is 0 Å². The van der Waals surface area contributed by atoms with Crippen molar-refractivity contribution >= 4 is 16.8 Å². The van der Waals surface area contributed by atoms with E-state index in [0.717, 1.165) is 42.8 Å². The predicted octanol–water partition coefficient (Wildman–Crippen LogP) is 2.36. The van der Waals surface area contributed by atoms with Crippen LogP contribution in [0.4, 0.5) is 0 Å². The molecule has 0 saturated carbocycles. The van der Waals surface area contributed by atoms with Crippen LogP contribution in [0.2, 0.25) is 0 Å². The molecule has 0 spiro atoms. The van der Waals surface area contributed by atoms with Crippen molar-refractivity contribution < 1.29 is 4.79 Å². The molecule has 1 aliphatic heterocycles. The third kappa shape index (κ3) is 3.46. The minimum Gasteiger partial charge on any atom is -0.354 e. The second-order valence-electron chi connectivity index (χ2n) is 7.67. The summed E-state index contributed by atoms with van der Waals surface area (Å²) in [6.45, 7) is 1.54. The Kier molecular flexibility index (Phi) is 5.24. The lowest BCUT2D eigenvalue weighted by Gasteiger charge is -2.36. The van der Waals surface area contributed by atoms with Crippen LogP contribution in [0.3, 0.4) is 0 Å². The normalized spacial score (nSPS) is 17.6. The highest BCUT2D eigenvalue weighted by Crippen LogP contribution is 2.32. The first kappa shape index (κ1) is 19.4. The Bertz CT molecular complexity index is 1110. The van der Waals surface area contributed by atoms with Crippen molar-refractivity contribution in [3.8, 4) is 0 Å². The lowest BCUT2D eigenvalue weighted by molar-refractivity contribution is 0.0952. The third-order valence-electron chi connectivity index (χ3n) is 6.00. The molecule has 7 heteroatoms. The molecule has 152 valence electrons. The number of hydrogen-bond donors (Lipinski definition) is 1. The molecule has 4 rings (SSSR count). The van der Waals surface area contributed by atoms with Gasteiger partial charge in [0.1, 0.15) is 11.5 Å². The van der Waals surface area contributed by atoms with E-state index in [9.17, 15) is 9.59 Å². The van der Waals surface area contributed by atoms with Gasteiger partial charge in [0.2, 0.25) is 0 Å². The van der Waals surface area contributed by atoms with Gasteiger partial charge in [-0.3, -0.25) is 19.1 Å². The zero-order valence-electron chi connectivity index (χ0n) is 17.2. The Balaban J connectivity index is 1.68. The molecule has 0 aliphatic carbocycles. The van der Waals surface area contributed by atoms with E-state index in [1.165, 1.54) is 0 Å². The number of nitrogens with zero attached hydrogens (tertiary/aromatic N) is 4. The molecular formula is C22H27N5O2. The second kappa shape index (κ2) is 7.83. The van der Waals surface area contributed by atoms with Gasteiger partial charge < -0.3 is 9.88 Å². The topological polar surface area (TPSA) is 72.2 Å². The summed E-state index contributed by atoms with van der Waals surface area (Å²) in [6, 6.07) is 11.6. The maximum absolute atomic E-state index is 12.8. The minimum atomic E-state index is -0.0836. The number of rotatable bonds is 4. The molecule has 0 bridgehead atoms. The molecule has 1 fully saturated rings. The van der Waals surface area contributed by atoms with Crippen LogP contribution in [0.1, 0.15) is 47.3 Å². The molecule has 7 nitrogen and oxygen atoms in total. The Labute approximate surface area is 170 Å². The fourth-order valence-corrected chi connectivity index (χ4v) is 4.32. The second-order valence-corrected chi connectivity index (χ2v) is 7.67. The molecule has 1 atom stereocenters. The number of piperidine rings is 1. The number of carbonyl (C=O) groups is 1. The average molecular weight is 393 g/mol. The highest BCUT2D eigenvalue weighted by atomic mass is 16.2. The first-order valence-corrected chi connectivity index (χ1v) is 10.1. The number of carbonyl (C=O) groups excluding carboxylic acids is 1. The van der Waals surface area contributed by atoms with Gasteiger partial charge in [-0.05, 0) is 43.7 Å². The number of amides is 1. The SMILES string of the molecule is CNC(=O)c1ccc(C2CCCCN2Cc2nc3ccccc3c(=O)n2C)n1C. The number of fused-ring (bicyclic) bond motifs is 1. The van der Waals surface area contributed by atoms with E-state index in [-0.39, 0.29) is 17.5 Å². The summed E-state index contributed by atoms with van der Waals surface area (Å²) in [7, 11) is 5.38. The van der Waals surface area contributed by atoms with E-state index in [4.69, 9.17) is 4.98 Å². The fraction of sp³-hybridized carbons (Fsp3) is 0.409. The molecule has 3 aromatic rings. The van der Waals surface area contributed by atoms with Crippen LogP contribution in [0.25, 0.3) is 10.9 Å². The smallest absolute Gasteiger partial charge is 0.267 e. The standard InChI is InChI=1S/C22H27N5O2/c1-23-21(28)19-12-11-17(25(19)2)18-10-6-7-13-27(18)14-20-24-16-9-5-4-8-15(16)22(29)26(20)3/h4-5,8-9,11-12,18H,6-7,10,13-14H2,1-3H3,(H,23,28). The van der Waals surface area contributed by atoms with E-state index in [1.807, 2.05) is 48.0 Å². The van der Waals surface area contributed by atoms with Crippen molar-refractivity contribution in [1.29, 1.82) is 0 Å². The lowest BCUT2D eigenvalue weighted by Crippen LogP contribution is -2.36. The monoisotopic (exact) mass is 393 g/mol. The van der Waals surface area contributed by atoms with Gasteiger partial charge in [0.25, 0.3) is 11.5 Å². The molecule has 1 aromatic carbocycles. The Hall–Kier alpha value is -2.93. The number of nitrogens with one attached hydrogen (secondary N) is 1. The summed E-state index contributed by atoms with van der Waals surface area (Å²) in [6.07, 6.45) is 3.28. The van der Waals surface area contributed by atoms with E-state index < -0.39 is 0 Å². The fourth-order valence-electron chi connectivity index (χ4n) is 4.32. The number of hydrogen-bond acceptors (Lipinski definition) is 4. The summed E-state index contributed by atoms with van der Waals surface area (Å²) in [5.74, 6) is 0.682. The van der Waals surface area contributed by atoms with E-state index in [2.05, 4.69) is 10.2 Å². The predicted molar refractivity (Wildman–Crippen MR) is 113 cm³/mol. The molecule has 2 aromatic heterocycles. The van der Waals surface area contributed by atoms with Crippen molar-refractivity contribution in [2.75, 3.05) is 13.6 Å². The van der Waals surface area contributed by atoms with Gasteiger partial charge in [0.15, 0.2) is 0 Å². The molecular weight excluding hydrogens is 366 g/mol. The summed E-state index contributed by atoms with van der Waals surface area (Å²) in [4.78, 5) is 32.0. The molecule has 1 N–H and O–H groups in total. The van der Waals surface area contributed by atoms with Crippen LogP contribution in [-0.4, -0.2) is 38.5 Å². The van der Waals surface area contributed by atoms with Gasteiger partial charge in [-0.25, -0.2) is 4.98 Å². The summed E-state index contributed by atoms with van der Waals surface area (Å²) >= 11 is 0. The molecule has 1 unspecified atom stereocenters. The van der Waals surface area contributed by atoms with E-state index in [1.54, 1.807) is 18.7 Å². The molecule has 0 radical (unpaired) electrons. The van der Waals surface area contributed by atoms with Gasteiger partial charge in [0.05, 0.1) is 23.5 Å². The van der Waals surface area contributed by atoms with Crippen LogP contribution in [0.5, 0.6) is 0 Å². The Morgan fingerprint density at radius 3 is 2.72 bits per heavy atom. The van der Waals surface area contributed by atoms with Crippen molar-refractivity contribution in [2.45, 2.75) is 31.8 Å². The highest BCUT2D eigenvalue weighted by Gasteiger charge is 2.28. The summed E-state index contributed by atoms with van der Waals surface area (Å²) in [5.41, 5.74) is 2.50. The van der Waals surface area contributed by atoms with Gasteiger partial charge in [-0.1, -0.05) is 18.6 Å². The quantitative estimate of drug-likeness (QED) is 0.739. The Morgan fingerprint density at radius 1 is 1.14 bits per heavy atom. The summed E-state index contributed by atoms with van der Waals surface area (Å²) in [5, 5.41) is 3.34. The van der Waals surface area contributed by atoms with E-state index in [0.29, 0.717) is 17.6 Å². The van der Waals surface area contributed by atoms with Crippen LogP contribution in [0, 0.1) is 0 Å². The maximum Gasteiger partial charge on any atom is 0.267 e. The number of para-hydroxylation sites is 1. The van der Waals surface area contributed by atoms with Crippen molar-refractivity contribution in [3.05, 3.63) is 64.0 Å². The largest absolute Gasteiger partial charge is 0.354 e. The first-order chi connectivity index (χ1) is 14.0. The van der Waals surface area contributed by atoms with Crippen LogP contribution in [-0.2, 0) is 20.6 Å². The van der Waals surface area contributed by atoms with Crippen LogP contribution in [0.15, 0.2) is 41.2 Å². The number of likely N-dealkylation sites (tertiary alicyclic amines) is 1. The minimum absolute atomic E-state index is 0.0140. The maximum atomic E-state index is 12.8. The molecule has 1 amide bonds. The number of benzene rings is 1. The van der Waals surface area contributed by atoms with E-state index >= 15 is 0 Å². The van der Waals surface area contributed by atoms with Crippen LogP contribution >= 0.6 is 0 Å². The van der Waals surface area contributed by atoms with Gasteiger partial charge in [-0.2, -0.15) is 0 Å². The molecule has 1 aliphatic rings. The summed E-state index contributed by atoms with van der Waals surface area (Å²) < 4.78 is 3.64. The van der Waals surface area contributed by atoms with Crippen LogP contribution < -0.4 is 10.9 Å². The Morgan fingerprint density at radius 2 is 1.93 bits per heavy atom. The van der Waals surface area contributed by atoms with Gasteiger partial charge in [-0.15, -0.1) is 0 Å². The average Bonchev–Trinajstić information content (AvgIpc) is 3.13. The number of aromatic nitrogens is 3. The van der Waals surface area contributed by atoms with Crippen molar-refractivity contribution in [2.24, 2.45) is 14.1 Å². The zero-order valence-corrected chi connectivity index (χ0v) is 17.2. The molecule has 1 saturated heterocycles. The molecule has 3 heterocycles. The van der Waals surface area contributed by atoms with Crippen molar-refractivity contribution in [3.63, 3.8) is 0 Å². The molecule has 29 heavy (non-hydrogen) atoms.